The highest BCUT2D eigenvalue weighted by Gasteiger charge is 2.52. The molecular formula is C22H26BBr2IN8O2. The van der Waals surface area contributed by atoms with E-state index in [0.717, 1.165) is 29.6 Å². The van der Waals surface area contributed by atoms with Gasteiger partial charge in [-0.1, -0.05) is 10.4 Å². The van der Waals surface area contributed by atoms with Crippen molar-refractivity contribution >= 4 is 67.2 Å². The fourth-order valence-electron chi connectivity index (χ4n) is 2.79. The van der Waals surface area contributed by atoms with Crippen LogP contribution >= 0.6 is 54.5 Å². The smallest absolute Gasteiger partial charge is 0.398 e. The summed E-state index contributed by atoms with van der Waals surface area (Å²) in [6.45, 7) is 8.07. The molecule has 0 N–H and O–H groups in total. The third-order valence-corrected chi connectivity index (χ3v) is 6.98. The van der Waals surface area contributed by atoms with Crippen LogP contribution in [0, 0.1) is 3.70 Å². The van der Waals surface area contributed by atoms with Crippen molar-refractivity contribution < 1.29 is 9.31 Å². The molecule has 36 heavy (non-hydrogen) atoms. The first-order valence-corrected chi connectivity index (χ1v) is 13.5. The molecule has 10 nitrogen and oxygen atoms in total. The monoisotopic (exact) mass is 730 g/mol. The minimum atomic E-state index is -0.413. The first-order chi connectivity index (χ1) is 16.9. The topological polar surface area (TPSA) is 106 Å². The largest absolute Gasteiger partial charge is 0.518 e. The van der Waals surface area contributed by atoms with Gasteiger partial charge in [0.15, 0.2) is 0 Å². The maximum absolute atomic E-state index is 5.83. The second-order valence-electron chi connectivity index (χ2n) is 8.84. The quantitative estimate of drug-likeness (QED) is 0.172. The molecule has 0 saturated carbocycles. The summed E-state index contributed by atoms with van der Waals surface area (Å²) in [5, 5.41) is 15.6. The summed E-state index contributed by atoms with van der Waals surface area (Å²) in [6, 6.07) is 7.74. The summed E-state index contributed by atoms with van der Waals surface area (Å²) in [4.78, 5) is 8.22. The van der Waals surface area contributed by atoms with Crippen molar-refractivity contribution in [3.8, 4) is 11.4 Å². The lowest BCUT2D eigenvalue weighted by Crippen LogP contribution is -2.41. The van der Waals surface area contributed by atoms with Gasteiger partial charge in [0, 0.05) is 41.6 Å². The summed E-state index contributed by atoms with van der Waals surface area (Å²) < 4.78 is 17.9. The number of hydrogen-bond donors (Lipinski definition) is 0. The second kappa shape index (κ2) is 12.2. The number of aromatic nitrogens is 8. The van der Waals surface area contributed by atoms with Gasteiger partial charge in [0.2, 0.25) is 0 Å². The fraction of sp³-hybridized carbons (Fsp3) is 0.364. The van der Waals surface area contributed by atoms with E-state index >= 15 is 0 Å². The lowest BCUT2D eigenvalue weighted by atomic mass is 9.86. The number of halogens is 3. The van der Waals surface area contributed by atoms with Crippen LogP contribution in [0.2, 0.25) is 0 Å². The van der Waals surface area contributed by atoms with Crippen LogP contribution in [-0.2, 0) is 23.4 Å². The van der Waals surface area contributed by atoms with Gasteiger partial charge in [-0.2, -0.15) is 0 Å². The van der Waals surface area contributed by atoms with Gasteiger partial charge in [-0.05, 0) is 106 Å². The Balaban J connectivity index is 0.000000157. The van der Waals surface area contributed by atoms with Gasteiger partial charge in [0.05, 0.1) is 23.1 Å². The van der Waals surface area contributed by atoms with Crippen molar-refractivity contribution in [2.45, 2.75) is 38.9 Å². The second-order valence-corrected chi connectivity index (χ2v) is 11.8. The lowest BCUT2D eigenvalue weighted by molar-refractivity contribution is 0.00578. The Bertz CT molecular complexity index is 1230. The first kappa shape index (κ1) is 28.8. The van der Waals surface area contributed by atoms with Gasteiger partial charge in [0.1, 0.15) is 15.0 Å². The van der Waals surface area contributed by atoms with E-state index in [1.807, 2.05) is 78.4 Å². The summed E-state index contributed by atoms with van der Waals surface area (Å²) in [6.07, 6.45) is 7.16. The molecule has 0 radical (unpaired) electrons. The Labute approximate surface area is 241 Å². The van der Waals surface area contributed by atoms with Gasteiger partial charge < -0.3 is 9.31 Å². The molecule has 0 unspecified atom stereocenters. The van der Waals surface area contributed by atoms with Crippen LogP contribution in [0.15, 0.2) is 58.0 Å². The molecule has 14 heteroatoms. The molecule has 0 aromatic carbocycles. The van der Waals surface area contributed by atoms with E-state index in [2.05, 4.69) is 85.0 Å². The van der Waals surface area contributed by atoms with Gasteiger partial charge in [0.25, 0.3) is 0 Å². The third kappa shape index (κ3) is 7.87. The molecule has 0 atom stereocenters. The van der Waals surface area contributed by atoms with Crippen molar-refractivity contribution in [2.24, 2.45) is 14.1 Å². The zero-order valence-corrected chi connectivity index (χ0v) is 26.1. The highest BCUT2D eigenvalue weighted by Crippen LogP contribution is 2.36. The van der Waals surface area contributed by atoms with E-state index in [4.69, 9.17) is 9.31 Å². The van der Waals surface area contributed by atoms with Crippen LogP contribution in [0.1, 0.15) is 27.7 Å². The van der Waals surface area contributed by atoms with Crippen LogP contribution in [-0.4, -0.2) is 58.3 Å². The average molecular weight is 732 g/mol. The number of hydrogen-bond acceptors (Lipinski definition) is 8. The molecule has 0 spiro atoms. The van der Waals surface area contributed by atoms with Crippen molar-refractivity contribution in [1.82, 2.24) is 40.0 Å². The Morgan fingerprint density at radius 3 is 1.75 bits per heavy atom. The van der Waals surface area contributed by atoms with Crippen molar-refractivity contribution in [3.05, 3.63) is 61.7 Å². The lowest BCUT2D eigenvalue weighted by Gasteiger charge is -2.32. The summed E-state index contributed by atoms with van der Waals surface area (Å²) >= 11 is 8.76. The van der Waals surface area contributed by atoms with E-state index < -0.39 is 7.12 Å². The Hall–Kier alpha value is -1.75. The third-order valence-electron chi connectivity index (χ3n) is 5.40. The summed E-state index contributed by atoms with van der Waals surface area (Å²) in [5.74, 6) is 0. The molecule has 1 saturated heterocycles. The normalized spacial score (nSPS) is 15.5. The van der Waals surface area contributed by atoms with Crippen LogP contribution in [0.3, 0.4) is 0 Å². The zero-order valence-electron chi connectivity index (χ0n) is 20.7. The van der Waals surface area contributed by atoms with E-state index in [0.29, 0.717) is 0 Å². The molecular weight excluding hydrogens is 706 g/mol. The molecule has 190 valence electrons. The van der Waals surface area contributed by atoms with E-state index in [9.17, 15) is 0 Å². The Morgan fingerprint density at radius 1 is 0.778 bits per heavy atom. The molecule has 0 aliphatic carbocycles. The maximum atomic E-state index is 5.83. The number of nitrogens with zero attached hydrogens (tertiary/aromatic N) is 8. The van der Waals surface area contributed by atoms with Gasteiger partial charge in [-0.3, -0.25) is 14.3 Å². The minimum Gasteiger partial charge on any atom is -0.398 e. The predicted octanol–water partition coefficient (Wildman–Crippen LogP) is 4.20. The molecule has 5 rings (SSSR count). The number of aryl methyl sites for hydroxylation is 2. The molecule has 4 aromatic heterocycles. The molecule has 4 aromatic rings. The minimum absolute atomic E-state index is 0.324. The van der Waals surface area contributed by atoms with Crippen LogP contribution in [0.25, 0.3) is 11.4 Å². The van der Waals surface area contributed by atoms with Gasteiger partial charge in [-0.15, -0.1) is 10.2 Å². The van der Waals surface area contributed by atoms with E-state index in [-0.39, 0.29) is 11.2 Å². The maximum Gasteiger partial charge on any atom is 0.518 e. The number of rotatable bonds is 2. The summed E-state index contributed by atoms with van der Waals surface area (Å²) in [5.41, 5.74) is 1.69. The molecule has 0 amide bonds. The van der Waals surface area contributed by atoms with Crippen molar-refractivity contribution in [3.63, 3.8) is 0 Å². The molecule has 5 heterocycles. The number of pyridine rings is 2. The summed E-state index contributed by atoms with van der Waals surface area (Å²) in [7, 11) is 3.24. The van der Waals surface area contributed by atoms with Crippen LogP contribution in [0.5, 0.6) is 0 Å². The highest BCUT2D eigenvalue weighted by atomic mass is 127. The van der Waals surface area contributed by atoms with E-state index in [1.165, 1.54) is 0 Å². The molecule has 1 aliphatic rings. The van der Waals surface area contributed by atoms with Crippen LogP contribution in [0.4, 0.5) is 0 Å². The molecule has 1 aliphatic heterocycles. The SMILES string of the molecule is Brc1ccc(I)nc1.Cn1cc(-c2ccc(Br)cn2)nn1.Cn1cc(B2OC(C)(C)C(C)(C)O2)nn1. The van der Waals surface area contributed by atoms with Crippen molar-refractivity contribution in [1.29, 1.82) is 0 Å². The molecule has 1 fully saturated rings. The Kier molecular flexibility index (Phi) is 9.77. The Morgan fingerprint density at radius 2 is 1.33 bits per heavy atom. The predicted molar refractivity (Wildman–Crippen MR) is 153 cm³/mol. The van der Waals surface area contributed by atoms with E-state index in [1.54, 1.807) is 21.8 Å². The van der Waals surface area contributed by atoms with Gasteiger partial charge >= 0.3 is 7.12 Å². The van der Waals surface area contributed by atoms with Crippen molar-refractivity contribution in [2.75, 3.05) is 0 Å². The van der Waals surface area contributed by atoms with Crippen LogP contribution < -0.4 is 5.59 Å². The average Bonchev–Trinajstić information content (AvgIpc) is 3.49. The zero-order chi connectivity index (χ0) is 26.5. The first-order valence-electron chi connectivity index (χ1n) is 10.8. The standard InChI is InChI=1S/C9H16BN3O2.C8H7BrN4.C5H3BrIN/c1-8(2)9(3,4)15-10(14-8)7-6-13(5)12-11-7;1-13-5-8(11-12-13)7-3-2-6(9)4-10-7;6-4-1-2-5(7)8-3-4/h6H,1-5H3;2-5H,1H3;1-3H. The fourth-order valence-corrected chi connectivity index (χ4v) is 3.57. The molecule has 0 bridgehead atoms. The van der Waals surface area contributed by atoms with Gasteiger partial charge in [-0.25, -0.2) is 4.98 Å². The highest BCUT2D eigenvalue weighted by molar-refractivity contribution is 14.1.